The number of benzene rings is 1. The zero-order valence-corrected chi connectivity index (χ0v) is 11.3. The quantitative estimate of drug-likeness (QED) is 0.892. The molecule has 2 heterocycles. The molecule has 0 spiro atoms. The van der Waals surface area contributed by atoms with Crippen molar-refractivity contribution in [2.75, 3.05) is 18.4 Å². The summed E-state index contributed by atoms with van der Waals surface area (Å²) in [5, 5.41) is 12.3. The lowest BCUT2D eigenvalue weighted by Gasteiger charge is -2.35. The van der Waals surface area contributed by atoms with Crippen LogP contribution in [-0.2, 0) is 0 Å². The molecular weight excluding hydrogens is 259 g/mol. The van der Waals surface area contributed by atoms with Crippen LogP contribution in [0.15, 0.2) is 18.2 Å². The molecule has 5 heteroatoms. The molecular formula is C15H19FN2O2. The maximum Gasteiger partial charge on any atom is 0.337 e. The van der Waals surface area contributed by atoms with Gasteiger partial charge in [-0.1, -0.05) is 6.07 Å². The van der Waals surface area contributed by atoms with E-state index in [-0.39, 0.29) is 17.3 Å². The fraction of sp³-hybridized carbons (Fsp3) is 0.533. The van der Waals surface area contributed by atoms with Crippen molar-refractivity contribution < 1.29 is 14.3 Å². The Morgan fingerprint density at radius 3 is 3.00 bits per heavy atom. The van der Waals surface area contributed by atoms with E-state index in [1.807, 2.05) is 0 Å². The number of aromatic carboxylic acids is 1. The molecule has 0 bridgehead atoms. The Morgan fingerprint density at radius 1 is 1.35 bits per heavy atom. The van der Waals surface area contributed by atoms with E-state index in [1.165, 1.54) is 31.0 Å². The van der Waals surface area contributed by atoms with Gasteiger partial charge in [-0.2, -0.15) is 0 Å². The first kappa shape index (κ1) is 13.4. The average Bonchev–Trinajstić information content (AvgIpc) is 2.88. The summed E-state index contributed by atoms with van der Waals surface area (Å²) < 4.78 is 13.9. The first-order valence-corrected chi connectivity index (χ1v) is 7.17. The third-order valence-electron chi connectivity index (χ3n) is 4.41. The molecule has 0 aliphatic carbocycles. The third-order valence-corrected chi connectivity index (χ3v) is 4.41. The molecule has 2 aliphatic rings. The highest BCUT2D eigenvalue weighted by Crippen LogP contribution is 2.30. The standard InChI is InChI=1S/C15H19FN2O2/c16-13-5-1-4-12(15(19)20)14(13)17-10-6-8-18-7-2-3-11(18)9-10/h1,4-5,10-11,17H,2-3,6-9H2,(H,19,20). The van der Waals surface area contributed by atoms with E-state index < -0.39 is 11.8 Å². The number of nitrogens with one attached hydrogen (secondary N) is 1. The van der Waals surface area contributed by atoms with Crippen LogP contribution in [0.4, 0.5) is 10.1 Å². The minimum absolute atomic E-state index is 0.0128. The second kappa shape index (κ2) is 5.40. The maximum absolute atomic E-state index is 13.9. The van der Waals surface area contributed by atoms with Gasteiger partial charge in [0.15, 0.2) is 0 Å². The van der Waals surface area contributed by atoms with Crippen molar-refractivity contribution in [3.05, 3.63) is 29.6 Å². The van der Waals surface area contributed by atoms with Crippen LogP contribution in [-0.4, -0.2) is 41.1 Å². The number of carbonyl (C=O) groups is 1. The smallest absolute Gasteiger partial charge is 0.337 e. The SMILES string of the molecule is O=C(O)c1cccc(F)c1NC1CCN2CCCC2C1. The van der Waals surface area contributed by atoms with Gasteiger partial charge in [0.25, 0.3) is 0 Å². The van der Waals surface area contributed by atoms with Gasteiger partial charge < -0.3 is 15.3 Å². The molecule has 2 N–H and O–H groups in total. The molecule has 20 heavy (non-hydrogen) atoms. The molecule has 2 saturated heterocycles. The topological polar surface area (TPSA) is 52.6 Å². The fourth-order valence-corrected chi connectivity index (χ4v) is 3.41. The second-order valence-electron chi connectivity index (χ2n) is 5.67. The molecule has 2 fully saturated rings. The van der Waals surface area contributed by atoms with Gasteiger partial charge in [0.2, 0.25) is 0 Å². The maximum atomic E-state index is 13.9. The highest BCUT2D eigenvalue weighted by molar-refractivity contribution is 5.94. The monoisotopic (exact) mass is 278 g/mol. The van der Waals surface area contributed by atoms with Gasteiger partial charge in [0, 0.05) is 18.6 Å². The van der Waals surface area contributed by atoms with Crippen molar-refractivity contribution in [1.82, 2.24) is 4.90 Å². The molecule has 108 valence electrons. The van der Waals surface area contributed by atoms with Gasteiger partial charge in [0.1, 0.15) is 5.82 Å². The van der Waals surface area contributed by atoms with Gasteiger partial charge in [-0.05, 0) is 44.4 Å². The molecule has 1 aromatic rings. The second-order valence-corrected chi connectivity index (χ2v) is 5.67. The first-order chi connectivity index (χ1) is 9.65. The molecule has 3 rings (SSSR count). The van der Waals surface area contributed by atoms with E-state index in [9.17, 15) is 9.18 Å². The number of halogens is 1. The van der Waals surface area contributed by atoms with Crippen LogP contribution in [0, 0.1) is 5.82 Å². The largest absolute Gasteiger partial charge is 0.478 e. The van der Waals surface area contributed by atoms with Crippen LogP contribution in [0.5, 0.6) is 0 Å². The number of hydrogen-bond donors (Lipinski definition) is 2. The van der Waals surface area contributed by atoms with Crippen molar-refractivity contribution in [1.29, 1.82) is 0 Å². The van der Waals surface area contributed by atoms with E-state index in [4.69, 9.17) is 5.11 Å². The minimum atomic E-state index is -1.09. The zero-order valence-electron chi connectivity index (χ0n) is 11.3. The summed E-state index contributed by atoms with van der Waals surface area (Å²) in [6, 6.07) is 4.91. The molecule has 0 amide bonds. The number of carboxylic acids is 1. The number of hydrogen-bond acceptors (Lipinski definition) is 3. The summed E-state index contributed by atoms with van der Waals surface area (Å²) in [5.41, 5.74) is 0.148. The van der Waals surface area contributed by atoms with Crippen LogP contribution >= 0.6 is 0 Å². The van der Waals surface area contributed by atoms with Gasteiger partial charge in [0.05, 0.1) is 11.3 Å². The van der Waals surface area contributed by atoms with Crippen LogP contribution < -0.4 is 5.32 Å². The number of nitrogens with zero attached hydrogens (tertiary/aromatic N) is 1. The van der Waals surface area contributed by atoms with Crippen LogP contribution in [0.3, 0.4) is 0 Å². The van der Waals surface area contributed by atoms with Gasteiger partial charge >= 0.3 is 5.97 Å². The Kier molecular flexibility index (Phi) is 3.61. The summed E-state index contributed by atoms with van der Waals surface area (Å²) in [7, 11) is 0. The molecule has 0 radical (unpaired) electrons. The summed E-state index contributed by atoms with van der Waals surface area (Å²) >= 11 is 0. The number of carboxylic acid groups (broad SMARTS) is 1. The fourth-order valence-electron chi connectivity index (χ4n) is 3.41. The molecule has 2 atom stereocenters. The minimum Gasteiger partial charge on any atom is -0.478 e. The van der Waals surface area contributed by atoms with Gasteiger partial charge in [-0.3, -0.25) is 0 Å². The van der Waals surface area contributed by atoms with Crippen LogP contribution in [0.2, 0.25) is 0 Å². The molecule has 2 unspecified atom stereocenters. The van der Waals surface area contributed by atoms with Crippen LogP contribution in [0.25, 0.3) is 0 Å². The lowest BCUT2D eigenvalue weighted by molar-refractivity contribution is 0.0697. The Balaban J connectivity index is 1.76. The average molecular weight is 278 g/mol. The highest BCUT2D eigenvalue weighted by Gasteiger charge is 2.32. The molecule has 0 saturated carbocycles. The van der Waals surface area contributed by atoms with E-state index in [0.717, 1.165) is 25.9 Å². The number of piperidine rings is 1. The first-order valence-electron chi connectivity index (χ1n) is 7.17. The Labute approximate surface area is 117 Å². The Bertz CT molecular complexity index is 521. The van der Waals surface area contributed by atoms with Gasteiger partial charge in [-0.25, -0.2) is 9.18 Å². The van der Waals surface area contributed by atoms with Crippen molar-refractivity contribution in [3.8, 4) is 0 Å². The lowest BCUT2D eigenvalue weighted by atomic mass is 9.97. The van der Waals surface area contributed by atoms with Gasteiger partial charge in [-0.15, -0.1) is 0 Å². The van der Waals surface area contributed by atoms with Crippen molar-refractivity contribution in [2.45, 2.75) is 37.8 Å². The van der Waals surface area contributed by atoms with Crippen molar-refractivity contribution >= 4 is 11.7 Å². The number of para-hydroxylation sites is 1. The summed E-state index contributed by atoms with van der Waals surface area (Å²) in [6.45, 7) is 2.18. The Morgan fingerprint density at radius 2 is 2.20 bits per heavy atom. The highest BCUT2D eigenvalue weighted by atomic mass is 19.1. The summed E-state index contributed by atoms with van der Waals surface area (Å²) in [6.07, 6.45) is 4.33. The van der Waals surface area contributed by atoms with Crippen molar-refractivity contribution in [2.24, 2.45) is 0 Å². The number of fused-ring (bicyclic) bond motifs is 1. The summed E-state index contributed by atoms with van der Waals surface area (Å²) in [5.74, 6) is -1.58. The van der Waals surface area contributed by atoms with Crippen molar-refractivity contribution in [3.63, 3.8) is 0 Å². The lowest BCUT2D eigenvalue weighted by Crippen LogP contribution is -2.43. The number of rotatable bonds is 3. The van der Waals surface area contributed by atoms with Crippen LogP contribution in [0.1, 0.15) is 36.0 Å². The van der Waals surface area contributed by atoms with E-state index in [0.29, 0.717) is 6.04 Å². The van der Waals surface area contributed by atoms with E-state index in [2.05, 4.69) is 10.2 Å². The predicted molar refractivity (Wildman–Crippen MR) is 74.6 cm³/mol. The molecule has 2 aliphatic heterocycles. The molecule has 0 aromatic heterocycles. The predicted octanol–water partition coefficient (Wildman–Crippen LogP) is 2.56. The van der Waals surface area contributed by atoms with E-state index in [1.54, 1.807) is 0 Å². The molecule has 1 aromatic carbocycles. The Hall–Kier alpha value is -1.62. The molecule has 4 nitrogen and oxygen atoms in total. The zero-order chi connectivity index (χ0) is 14.1. The normalized spacial score (nSPS) is 26.2. The third kappa shape index (κ3) is 2.50. The summed E-state index contributed by atoms with van der Waals surface area (Å²) in [4.78, 5) is 13.7. The number of anilines is 1. The van der Waals surface area contributed by atoms with E-state index >= 15 is 0 Å².